The molecule has 1 atom stereocenters. The third-order valence-corrected chi connectivity index (χ3v) is 4.42. The van der Waals surface area contributed by atoms with Crippen LogP contribution in [0.3, 0.4) is 0 Å². The van der Waals surface area contributed by atoms with Crippen molar-refractivity contribution in [3.05, 3.63) is 35.4 Å². The van der Waals surface area contributed by atoms with Gasteiger partial charge in [-0.3, -0.25) is 4.79 Å². The van der Waals surface area contributed by atoms with Crippen LogP contribution in [-0.4, -0.2) is 17.3 Å². The Hall–Kier alpha value is -0.960. The van der Waals surface area contributed by atoms with Crippen molar-refractivity contribution < 1.29 is 9.90 Å². The molecule has 0 spiro atoms. The summed E-state index contributed by atoms with van der Waals surface area (Å²) in [5, 5.41) is 9.38. The molecular formula is C13H18O2S. The van der Waals surface area contributed by atoms with Crippen LogP contribution in [0.2, 0.25) is 0 Å². The first-order chi connectivity index (χ1) is 7.60. The number of carboxylic acid groups (broad SMARTS) is 1. The summed E-state index contributed by atoms with van der Waals surface area (Å²) in [6.45, 7) is 4.01. The number of hydrogen-bond donors (Lipinski definition) is 1. The molecule has 0 aromatic heterocycles. The van der Waals surface area contributed by atoms with Gasteiger partial charge in [-0.25, -0.2) is 0 Å². The Morgan fingerprint density at radius 2 is 1.88 bits per heavy atom. The number of aryl methyl sites for hydroxylation is 1. The molecule has 0 saturated carbocycles. The van der Waals surface area contributed by atoms with E-state index in [-0.39, 0.29) is 0 Å². The molecule has 0 fully saturated rings. The van der Waals surface area contributed by atoms with E-state index in [0.29, 0.717) is 6.42 Å². The van der Waals surface area contributed by atoms with Crippen molar-refractivity contribution in [3.63, 3.8) is 0 Å². The van der Waals surface area contributed by atoms with Gasteiger partial charge in [-0.2, -0.15) is 0 Å². The predicted octanol–water partition coefficient (Wildman–Crippen LogP) is 3.30. The van der Waals surface area contributed by atoms with E-state index in [1.54, 1.807) is 0 Å². The Morgan fingerprint density at radius 1 is 1.31 bits per heavy atom. The Bertz CT molecular complexity index is 353. The highest BCUT2D eigenvalue weighted by atomic mass is 32.2. The van der Waals surface area contributed by atoms with Crippen LogP contribution >= 0.6 is 11.8 Å². The Labute approximate surface area is 101 Å². The molecule has 2 nitrogen and oxygen atoms in total. The predicted molar refractivity (Wildman–Crippen MR) is 68.9 cm³/mol. The standard InChI is InChI=1S/C13H18O2S/c1-4-10-6-8-11(9-7-10)13(5-2,16-3)12(14)15/h6-9H,4-5H2,1-3H3,(H,14,15). The topological polar surface area (TPSA) is 37.3 Å². The maximum atomic E-state index is 11.4. The lowest BCUT2D eigenvalue weighted by Gasteiger charge is -2.26. The molecule has 3 heteroatoms. The number of aliphatic carboxylic acids is 1. The number of hydrogen-bond acceptors (Lipinski definition) is 2. The van der Waals surface area contributed by atoms with Crippen LogP contribution in [0.1, 0.15) is 31.4 Å². The van der Waals surface area contributed by atoms with E-state index in [4.69, 9.17) is 0 Å². The molecule has 0 aliphatic rings. The van der Waals surface area contributed by atoms with E-state index < -0.39 is 10.7 Å². The van der Waals surface area contributed by atoms with Crippen LogP contribution < -0.4 is 0 Å². The maximum absolute atomic E-state index is 11.4. The number of thioether (sulfide) groups is 1. The Morgan fingerprint density at radius 3 is 2.19 bits per heavy atom. The Balaban J connectivity index is 3.16. The molecule has 16 heavy (non-hydrogen) atoms. The summed E-state index contributed by atoms with van der Waals surface area (Å²) in [7, 11) is 0. The zero-order chi connectivity index (χ0) is 12.2. The monoisotopic (exact) mass is 238 g/mol. The molecule has 1 rings (SSSR count). The summed E-state index contributed by atoms with van der Waals surface area (Å²) in [5.41, 5.74) is 2.12. The average molecular weight is 238 g/mol. The van der Waals surface area contributed by atoms with Crippen molar-refractivity contribution in [2.45, 2.75) is 31.4 Å². The number of carbonyl (C=O) groups is 1. The first-order valence-corrected chi connectivity index (χ1v) is 6.71. The van der Waals surface area contributed by atoms with E-state index in [1.165, 1.54) is 17.3 Å². The first-order valence-electron chi connectivity index (χ1n) is 5.48. The highest BCUT2D eigenvalue weighted by molar-refractivity contribution is 8.00. The van der Waals surface area contributed by atoms with Gasteiger partial charge < -0.3 is 5.11 Å². The summed E-state index contributed by atoms with van der Waals surface area (Å²) >= 11 is 1.39. The second kappa shape index (κ2) is 5.39. The molecule has 1 aromatic rings. The summed E-state index contributed by atoms with van der Waals surface area (Å²) in [6.07, 6.45) is 3.42. The largest absolute Gasteiger partial charge is 0.480 e. The minimum atomic E-state index is -0.799. The van der Waals surface area contributed by atoms with E-state index in [0.717, 1.165) is 12.0 Å². The van der Waals surface area contributed by atoms with Gasteiger partial charge in [-0.15, -0.1) is 11.8 Å². The van der Waals surface area contributed by atoms with Crippen LogP contribution in [0, 0.1) is 0 Å². The molecule has 0 aliphatic heterocycles. The van der Waals surface area contributed by atoms with Gasteiger partial charge in [0, 0.05) is 0 Å². The molecule has 0 aliphatic carbocycles. The van der Waals surface area contributed by atoms with Gasteiger partial charge in [0.05, 0.1) is 0 Å². The lowest BCUT2D eigenvalue weighted by molar-refractivity contribution is -0.140. The molecule has 0 bridgehead atoms. The maximum Gasteiger partial charge on any atom is 0.324 e. The fourth-order valence-electron chi connectivity index (χ4n) is 1.84. The van der Waals surface area contributed by atoms with Crippen molar-refractivity contribution >= 4 is 17.7 Å². The summed E-state index contributed by atoms with van der Waals surface area (Å²) in [4.78, 5) is 11.4. The fourth-order valence-corrected chi connectivity index (χ4v) is 2.67. The van der Waals surface area contributed by atoms with Gasteiger partial charge in [0.15, 0.2) is 0 Å². The highest BCUT2D eigenvalue weighted by Crippen LogP contribution is 2.38. The zero-order valence-corrected chi connectivity index (χ0v) is 10.8. The van der Waals surface area contributed by atoms with Crippen molar-refractivity contribution in [1.82, 2.24) is 0 Å². The van der Waals surface area contributed by atoms with Crippen LogP contribution in [0.15, 0.2) is 24.3 Å². The lowest BCUT2D eigenvalue weighted by Crippen LogP contribution is -2.31. The lowest BCUT2D eigenvalue weighted by atomic mass is 9.94. The fraction of sp³-hybridized carbons (Fsp3) is 0.462. The van der Waals surface area contributed by atoms with Crippen LogP contribution in [-0.2, 0) is 16.0 Å². The average Bonchev–Trinajstić information content (AvgIpc) is 2.32. The molecule has 1 unspecified atom stereocenters. The third-order valence-electron chi connectivity index (χ3n) is 3.02. The van der Waals surface area contributed by atoms with Crippen molar-refractivity contribution in [2.75, 3.05) is 6.26 Å². The molecule has 1 aromatic carbocycles. The smallest absolute Gasteiger partial charge is 0.324 e. The van der Waals surface area contributed by atoms with Crippen LogP contribution in [0.25, 0.3) is 0 Å². The minimum Gasteiger partial charge on any atom is -0.480 e. The molecule has 0 amide bonds. The van der Waals surface area contributed by atoms with Gasteiger partial charge in [0.25, 0.3) is 0 Å². The van der Waals surface area contributed by atoms with E-state index in [1.807, 2.05) is 37.4 Å². The second-order valence-electron chi connectivity index (χ2n) is 3.74. The Kier molecular flexibility index (Phi) is 4.42. The van der Waals surface area contributed by atoms with Crippen molar-refractivity contribution in [3.8, 4) is 0 Å². The number of benzene rings is 1. The molecular weight excluding hydrogens is 220 g/mol. The van der Waals surface area contributed by atoms with Gasteiger partial charge in [-0.1, -0.05) is 38.1 Å². The second-order valence-corrected chi connectivity index (χ2v) is 4.85. The minimum absolute atomic E-state index is 0.592. The number of carboxylic acids is 1. The van der Waals surface area contributed by atoms with Gasteiger partial charge in [0.2, 0.25) is 0 Å². The van der Waals surface area contributed by atoms with Gasteiger partial charge in [-0.05, 0) is 30.2 Å². The van der Waals surface area contributed by atoms with Crippen molar-refractivity contribution in [2.24, 2.45) is 0 Å². The zero-order valence-electron chi connectivity index (χ0n) is 9.99. The molecule has 0 saturated heterocycles. The molecule has 0 radical (unpaired) electrons. The summed E-state index contributed by atoms with van der Waals surface area (Å²) < 4.78 is -0.799. The number of rotatable bonds is 5. The van der Waals surface area contributed by atoms with E-state index in [9.17, 15) is 9.90 Å². The van der Waals surface area contributed by atoms with Gasteiger partial charge >= 0.3 is 5.97 Å². The first kappa shape index (κ1) is 13.1. The third kappa shape index (κ3) is 2.24. The van der Waals surface area contributed by atoms with Gasteiger partial charge in [0.1, 0.15) is 4.75 Å². The SMILES string of the molecule is CCc1ccc(C(CC)(SC)C(=O)O)cc1. The summed E-state index contributed by atoms with van der Waals surface area (Å²) in [5.74, 6) is -0.758. The quantitative estimate of drug-likeness (QED) is 0.855. The van der Waals surface area contributed by atoms with E-state index in [2.05, 4.69) is 6.92 Å². The molecule has 1 N–H and O–H groups in total. The summed E-state index contributed by atoms with van der Waals surface area (Å²) in [6, 6.07) is 7.90. The highest BCUT2D eigenvalue weighted by Gasteiger charge is 2.37. The van der Waals surface area contributed by atoms with Crippen LogP contribution in [0.5, 0.6) is 0 Å². The van der Waals surface area contributed by atoms with Crippen LogP contribution in [0.4, 0.5) is 0 Å². The normalized spacial score (nSPS) is 14.4. The molecule has 88 valence electrons. The molecule has 0 heterocycles. The van der Waals surface area contributed by atoms with Crippen molar-refractivity contribution in [1.29, 1.82) is 0 Å². The van der Waals surface area contributed by atoms with E-state index >= 15 is 0 Å².